The van der Waals surface area contributed by atoms with Gasteiger partial charge in [-0.15, -0.1) is 0 Å². The third-order valence-electron chi connectivity index (χ3n) is 3.08. The van der Waals surface area contributed by atoms with Crippen molar-refractivity contribution < 1.29 is 13.2 Å². The molecule has 102 valence electrons. The second-order valence-corrected chi connectivity index (χ2v) is 4.57. The molecule has 0 unspecified atom stereocenters. The van der Waals surface area contributed by atoms with Crippen LogP contribution in [0.1, 0.15) is 16.8 Å². The van der Waals surface area contributed by atoms with Crippen molar-refractivity contribution in [3.05, 3.63) is 71.7 Å². The van der Waals surface area contributed by atoms with Crippen LogP contribution in [-0.4, -0.2) is 9.38 Å². The molecular formula is C15H11F3N2. The topological polar surface area (TPSA) is 17.3 Å². The summed E-state index contributed by atoms with van der Waals surface area (Å²) < 4.78 is 39.3. The summed E-state index contributed by atoms with van der Waals surface area (Å²) >= 11 is 0. The van der Waals surface area contributed by atoms with Crippen molar-refractivity contribution in [2.45, 2.75) is 12.6 Å². The van der Waals surface area contributed by atoms with Gasteiger partial charge in [-0.05, 0) is 29.8 Å². The lowest BCUT2D eigenvalue weighted by molar-refractivity contribution is -0.137. The van der Waals surface area contributed by atoms with Gasteiger partial charge >= 0.3 is 6.18 Å². The van der Waals surface area contributed by atoms with Crippen LogP contribution in [0.15, 0.2) is 54.9 Å². The van der Waals surface area contributed by atoms with E-state index in [-0.39, 0.29) is 0 Å². The summed E-state index contributed by atoms with van der Waals surface area (Å²) in [4.78, 5) is 4.42. The largest absolute Gasteiger partial charge is 0.416 e. The molecule has 2 nitrogen and oxygen atoms in total. The third kappa shape index (κ3) is 2.52. The number of aromatic nitrogens is 2. The summed E-state index contributed by atoms with van der Waals surface area (Å²) in [5.41, 5.74) is 1.84. The molecule has 5 heteroatoms. The van der Waals surface area contributed by atoms with Crippen LogP contribution in [0, 0.1) is 0 Å². The highest BCUT2D eigenvalue weighted by molar-refractivity contribution is 5.40. The van der Waals surface area contributed by atoms with Crippen LogP contribution >= 0.6 is 0 Å². The molecule has 2 heterocycles. The van der Waals surface area contributed by atoms with Crippen molar-refractivity contribution >= 4 is 5.65 Å². The molecule has 0 saturated carbocycles. The summed E-state index contributed by atoms with van der Waals surface area (Å²) in [7, 11) is 0. The number of hydrogen-bond acceptors (Lipinski definition) is 1. The number of imidazole rings is 1. The predicted molar refractivity (Wildman–Crippen MR) is 69.4 cm³/mol. The van der Waals surface area contributed by atoms with Crippen molar-refractivity contribution in [3.8, 4) is 0 Å². The maximum absolute atomic E-state index is 12.5. The van der Waals surface area contributed by atoms with E-state index >= 15 is 0 Å². The molecule has 0 atom stereocenters. The number of benzene rings is 1. The Balaban J connectivity index is 1.84. The maximum Gasteiger partial charge on any atom is 0.416 e. The molecule has 3 aromatic rings. The maximum atomic E-state index is 12.5. The molecule has 0 aliphatic heterocycles. The van der Waals surface area contributed by atoms with Crippen LogP contribution in [0.3, 0.4) is 0 Å². The van der Waals surface area contributed by atoms with Crippen molar-refractivity contribution in [1.29, 1.82) is 0 Å². The lowest BCUT2D eigenvalue weighted by Crippen LogP contribution is -2.04. The van der Waals surface area contributed by atoms with E-state index in [2.05, 4.69) is 4.98 Å². The van der Waals surface area contributed by atoms with Gasteiger partial charge in [-0.2, -0.15) is 13.2 Å². The van der Waals surface area contributed by atoms with Gasteiger partial charge in [0.05, 0.1) is 11.3 Å². The van der Waals surface area contributed by atoms with Gasteiger partial charge in [-0.3, -0.25) is 0 Å². The first kappa shape index (κ1) is 12.7. The van der Waals surface area contributed by atoms with E-state index in [0.717, 1.165) is 29.0 Å². The van der Waals surface area contributed by atoms with Crippen LogP contribution in [-0.2, 0) is 12.6 Å². The summed E-state index contributed by atoms with van der Waals surface area (Å²) in [6.45, 7) is 0. The Morgan fingerprint density at radius 1 is 1.00 bits per heavy atom. The van der Waals surface area contributed by atoms with Crippen LogP contribution in [0.2, 0.25) is 0 Å². The van der Waals surface area contributed by atoms with Gasteiger partial charge in [-0.1, -0.05) is 18.2 Å². The van der Waals surface area contributed by atoms with Crippen molar-refractivity contribution in [1.82, 2.24) is 9.38 Å². The van der Waals surface area contributed by atoms with Crippen molar-refractivity contribution in [2.75, 3.05) is 0 Å². The average molecular weight is 276 g/mol. The second-order valence-electron chi connectivity index (χ2n) is 4.57. The molecule has 0 fully saturated rings. The first-order valence-electron chi connectivity index (χ1n) is 6.11. The van der Waals surface area contributed by atoms with Crippen LogP contribution in [0.5, 0.6) is 0 Å². The van der Waals surface area contributed by atoms with E-state index in [0.29, 0.717) is 6.42 Å². The van der Waals surface area contributed by atoms with Crippen LogP contribution in [0.25, 0.3) is 5.65 Å². The van der Waals surface area contributed by atoms with E-state index in [1.807, 2.05) is 35.0 Å². The molecule has 0 saturated heterocycles. The molecule has 0 aliphatic rings. The van der Waals surface area contributed by atoms with E-state index in [9.17, 15) is 13.2 Å². The van der Waals surface area contributed by atoms with E-state index in [1.54, 1.807) is 0 Å². The van der Waals surface area contributed by atoms with Gasteiger partial charge in [0, 0.05) is 18.8 Å². The zero-order valence-electron chi connectivity index (χ0n) is 10.4. The number of pyridine rings is 1. The predicted octanol–water partition coefficient (Wildman–Crippen LogP) is 3.94. The van der Waals surface area contributed by atoms with Gasteiger partial charge < -0.3 is 4.40 Å². The van der Waals surface area contributed by atoms with E-state index in [1.165, 1.54) is 12.1 Å². The van der Waals surface area contributed by atoms with Gasteiger partial charge in [0.2, 0.25) is 0 Å². The van der Waals surface area contributed by atoms with Gasteiger partial charge in [0.25, 0.3) is 0 Å². The molecule has 0 aliphatic carbocycles. The molecule has 0 N–H and O–H groups in total. The fourth-order valence-electron chi connectivity index (χ4n) is 2.09. The van der Waals surface area contributed by atoms with E-state index < -0.39 is 11.7 Å². The normalized spacial score (nSPS) is 11.9. The second kappa shape index (κ2) is 4.67. The fourth-order valence-corrected chi connectivity index (χ4v) is 2.09. The van der Waals surface area contributed by atoms with Crippen molar-refractivity contribution in [3.63, 3.8) is 0 Å². The molecule has 1 aromatic carbocycles. The summed E-state index contributed by atoms with van der Waals surface area (Å²) in [6.07, 6.45) is -0.00692. The lowest BCUT2D eigenvalue weighted by Gasteiger charge is -2.06. The smallest absolute Gasteiger partial charge is 0.307 e. The molecule has 20 heavy (non-hydrogen) atoms. The zero-order valence-corrected chi connectivity index (χ0v) is 10.4. The Bertz CT molecular complexity index is 694. The Hall–Kier alpha value is -2.30. The van der Waals surface area contributed by atoms with Gasteiger partial charge in [-0.25, -0.2) is 4.98 Å². The number of nitrogens with zero attached hydrogens (tertiary/aromatic N) is 2. The Kier molecular flexibility index (Phi) is 2.97. The minimum absolute atomic E-state index is 0.514. The molecular weight excluding hydrogens is 265 g/mol. The number of hydrogen-bond donors (Lipinski definition) is 0. The summed E-state index contributed by atoms with van der Waals surface area (Å²) in [5.74, 6) is 0. The first-order chi connectivity index (χ1) is 9.52. The number of rotatable bonds is 2. The van der Waals surface area contributed by atoms with Crippen LogP contribution < -0.4 is 0 Å². The molecule has 2 aromatic heterocycles. The summed E-state index contributed by atoms with van der Waals surface area (Å²) in [6, 6.07) is 10.9. The minimum atomic E-state index is -4.29. The molecule has 0 radical (unpaired) electrons. The average Bonchev–Trinajstić information content (AvgIpc) is 2.80. The lowest BCUT2D eigenvalue weighted by atomic mass is 10.1. The highest BCUT2D eigenvalue weighted by Crippen LogP contribution is 2.29. The highest BCUT2D eigenvalue weighted by Gasteiger charge is 2.29. The van der Waals surface area contributed by atoms with Gasteiger partial charge in [0.15, 0.2) is 0 Å². The van der Waals surface area contributed by atoms with Crippen LogP contribution in [0.4, 0.5) is 13.2 Å². The van der Waals surface area contributed by atoms with E-state index in [4.69, 9.17) is 0 Å². The number of alkyl halides is 3. The van der Waals surface area contributed by atoms with Gasteiger partial charge in [0.1, 0.15) is 5.65 Å². The number of halogens is 3. The fraction of sp³-hybridized carbons (Fsp3) is 0.133. The monoisotopic (exact) mass is 276 g/mol. The minimum Gasteiger partial charge on any atom is -0.307 e. The Labute approximate surface area is 113 Å². The molecule has 0 spiro atoms. The molecule has 3 rings (SSSR count). The summed E-state index contributed by atoms with van der Waals surface area (Å²) in [5, 5.41) is 0. The zero-order chi connectivity index (χ0) is 14.2. The standard InChI is InChI=1S/C15H11F3N2/c16-15(17,18)12-6-4-11(5-7-12)9-13-10-20-8-2-1-3-14(20)19-13/h1-8,10H,9H2. The Morgan fingerprint density at radius 3 is 2.40 bits per heavy atom. The quantitative estimate of drug-likeness (QED) is 0.693. The highest BCUT2D eigenvalue weighted by atomic mass is 19.4. The first-order valence-corrected chi connectivity index (χ1v) is 6.11. The molecule has 0 bridgehead atoms. The molecule has 0 amide bonds. The van der Waals surface area contributed by atoms with Crippen molar-refractivity contribution in [2.24, 2.45) is 0 Å². The number of fused-ring (bicyclic) bond motifs is 1. The third-order valence-corrected chi connectivity index (χ3v) is 3.08. The Morgan fingerprint density at radius 2 is 1.75 bits per heavy atom. The SMILES string of the molecule is FC(F)(F)c1ccc(Cc2cn3ccccc3n2)cc1.